The molecule has 0 saturated carbocycles. The molecule has 21 heavy (non-hydrogen) atoms. The van der Waals surface area contributed by atoms with E-state index in [1.54, 1.807) is 12.3 Å². The molecule has 3 nitrogen and oxygen atoms in total. The van der Waals surface area contributed by atoms with Crippen LogP contribution in [-0.2, 0) is 0 Å². The lowest BCUT2D eigenvalue weighted by Crippen LogP contribution is -1.96. The van der Waals surface area contributed by atoms with Crippen LogP contribution in [0.5, 0.6) is 0 Å². The molecule has 0 aliphatic carbocycles. The molecule has 5 heteroatoms. The molecule has 0 bridgehead atoms. The molecule has 0 fully saturated rings. The van der Waals surface area contributed by atoms with Gasteiger partial charge in [0.1, 0.15) is 11.3 Å². The van der Waals surface area contributed by atoms with Crippen molar-refractivity contribution in [1.82, 2.24) is 14.5 Å². The maximum absolute atomic E-state index is 13.9. The van der Waals surface area contributed by atoms with E-state index >= 15 is 0 Å². The second-order valence-corrected chi connectivity index (χ2v) is 5.14. The van der Waals surface area contributed by atoms with Crippen molar-refractivity contribution in [2.24, 2.45) is 0 Å². The molecule has 0 spiro atoms. The number of para-hydroxylation sites is 2. The van der Waals surface area contributed by atoms with Crippen LogP contribution >= 0.6 is 12.2 Å². The molecule has 0 atom stereocenters. The third-order valence-electron chi connectivity index (χ3n) is 3.52. The lowest BCUT2D eigenvalue weighted by Gasteiger charge is -2.07. The Morgan fingerprint density at radius 2 is 1.86 bits per heavy atom. The summed E-state index contributed by atoms with van der Waals surface area (Å²) in [4.78, 5) is 7.37. The van der Waals surface area contributed by atoms with Crippen LogP contribution in [0.3, 0.4) is 0 Å². The lowest BCUT2D eigenvalue weighted by atomic mass is 10.2. The zero-order chi connectivity index (χ0) is 14.4. The Balaban J connectivity index is 2.17. The Hall–Kier alpha value is -2.53. The van der Waals surface area contributed by atoms with Crippen molar-refractivity contribution in [3.8, 4) is 5.69 Å². The molecule has 0 radical (unpaired) electrons. The predicted octanol–water partition coefficient (Wildman–Crippen LogP) is 4.38. The van der Waals surface area contributed by atoms with Gasteiger partial charge in [0.25, 0.3) is 0 Å². The highest BCUT2D eigenvalue weighted by Gasteiger charge is 2.12. The summed E-state index contributed by atoms with van der Waals surface area (Å²) in [5, 5.41) is 1.02. The van der Waals surface area contributed by atoms with Gasteiger partial charge in [-0.3, -0.25) is 9.55 Å². The van der Waals surface area contributed by atoms with Gasteiger partial charge in [-0.2, -0.15) is 0 Å². The zero-order valence-corrected chi connectivity index (χ0v) is 11.7. The fraction of sp³-hybridized carbons (Fsp3) is 0. The number of nitrogens with one attached hydrogen (secondary N) is 1. The van der Waals surface area contributed by atoms with Crippen molar-refractivity contribution in [3.63, 3.8) is 0 Å². The Morgan fingerprint density at radius 3 is 2.76 bits per heavy atom. The van der Waals surface area contributed by atoms with Crippen molar-refractivity contribution in [2.75, 3.05) is 0 Å². The quantitative estimate of drug-likeness (QED) is 0.529. The molecular formula is C16H10FN3S. The van der Waals surface area contributed by atoms with Gasteiger partial charge >= 0.3 is 0 Å². The van der Waals surface area contributed by atoms with Crippen LogP contribution in [-0.4, -0.2) is 14.5 Å². The van der Waals surface area contributed by atoms with Gasteiger partial charge in [-0.15, -0.1) is 0 Å². The Labute approximate surface area is 124 Å². The van der Waals surface area contributed by atoms with Crippen molar-refractivity contribution in [3.05, 3.63) is 65.3 Å². The highest BCUT2D eigenvalue weighted by molar-refractivity contribution is 7.71. The molecule has 0 aliphatic heterocycles. The first-order chi connectivity index (χ1) is 10.3. The number of aromatic nitrogens is 3. The summed E-state index contributed by atoms with van der Waals surface area (Å²) in [6.07, 6.45) is 1.74. The van der Waals surface area contributed by atoms with Crippen LogP contribution in [0.15, 0.2) is 54.7 Å². The number of fused-ring (bicyclic) bond motifs is 2. The summed E-state index contributed by atoms with van der Waals surface area (Å²) in [6, 6.07) is 14.7. The van der Waals surface area contributed by atoms with E-state index in [9.17, 15) is 4.39 Å². The minimum Gasteiger partial charge on any atom is -0.328 e. The van der Waals surface area contributed by atoms with Gasteiger partial charge in [-0.1, -0.05) is 24.3 Å². The molecular weight excluding hydrogens is 285 g/mol. The van der Waals surface area contributed by atoms with Crippen LogP contribution in [0.2, 0.25) is 0 Å². The number of benzene rings is 2. The largest absolute Gasteiger partial charge is 0.328 e. The van der Waals surface area contributed by atoms with Crippen LogP contribution in [0.25, 0.3) is 27.6 Å². The van der Waals surface area contributed by atoms with Gasteiger partial charge in [0.05, 0.1) is 16.7 Å². The topological polar surface area (TPSA) is 33.6 Å². The van der Waals surface area contributed by atoms with Crippen LogP contribution < -0.4 is 0 Å². The van der Waals surface area contributed by atoms with Gasteiger partial charge < -0.3 is 4.98 Å². The fourth-order valence-electron chi connectivity index (χ4n) is 2.60. The van der Waals surface area contributed by atoms with Crippen LogP contribution in [0, 0.1) is 10.6 Å². The van der Waals surface area contributed by atoms with E-state index in [2.05, 4.69) is 9.97 Å². The maximum Gasteiger partial charge on any atom is 0.182 e. The normalized spacial score (nSPS) is 11.3. The number of hydrogen-bond donors (Lipinski definition) is 1. The molecule has 0 aliphatic rings. The molecule has 4 rings (SSSR count). The number of halogens is 1. The van der Waals surface area contributed by atoms with E-state index in [1.165, 1.54) is 6.07 Å². The third kappa shape index (κ3) is 1.78. The summed E-state index contributed by atoms with van der Waals surface area (Å²) in [7, 11) is 0. The molecule has 1 N–H and O–H groups in total. The summed E-state index contributed by atoms with van der Waals surface area (Å²) in [5.41, 5.74) is 2.80. The summed E-state index contributed by atoms with van der Waals surface area (Å²) in [6.45, 7) is 0. The molecule has 4 aromatic rings. The number of hydrogen-bond acceptors (Lipinski definition) is 2. The van der Waals surface area contributed by atoms with E-state index in [1.807, 2.05) is 41.0 Å². The molecule has 0 unspecified atom stereocenters. The predicted molar refractivity (Wildman–Crippen MR) is 83.7 cm³/mol. The summed E-state index contributed by atoms with van der Waals surface area (Å²) < 4.78 is 16.2. The first-order valence-corrected chi connectivity index (χ1v) is 6.90. The SMILES string of the molecule is Fc1cccc2c1[nH]c(=S)n2-c1cccc2cccnc12. The second-order valence-electron chi connectivity index (χ2n) is 4.75. The number of nitrogens with zero attached hydrogens (tertiary/aromatic N) is 2. The first kappa shape index (κ1) is 12.2. The number of pyridine rings is 1. The number of aromatic amines is 1. The Morgan fingerprint density at radius 1 is 1.05 bits per heavy atom. The fourth-order valence-corrected chi connectivity index (χ4v) is 2.90. The summed E-state index contributed by atoms with van der Waals surface area (Å²) >= 11 is 5.37. The van der Waals surface area contributed by atoms with E-state index in [0.29, 0.717) is 15.8 Å². The molecule has 2 aromatic carbocycles. The molecule has 0 saturated heterocycles. The van der Waals surface area contributed by atoms with Gasteiger partial charge in [-0.05, 0) is 36.5 Å². The summed E-state index contributed by atoms with van der Waals surface area (Å²) in [5.74, 6) is -0.314. The van der Waals surface area contributed by atoms with Gasteiger partial charge in [0.2, 0.25) is 0 Å². The first-order valence-electron chi connectivity index (χ1n) is 6.49. The van der Waals surface area contributed by atoms with E-state index in [-0.39, 0.29) is 5.82 Å². The highest BCUT2D eigenvalue weighted by atomic mass is 32.1. The van der Waals surface area contributed by atoms with Gasteiger partial charge in [-0.25, -0.2) is 4.39 Å². The highest BCUT2D eigenvalue weighted by Crippen LogP contribution is 2.26. The molecule has 2 aromatic heterocycles. The number of rotatable bonds is 1. The standard InChI is InChI=1S/C16H10FN3S/c17-11-6-2-8-13-15(11)19-16(21)20(13)12-7-1-4-10-5-3-9-18-14(10)12/h1-9H,(H,19,21). The zero-order valence-electron chi connectivity index (χ0n) is 10.9. The van der Waals surface area contributed by atoms with Crippen LogP contribution in [0.1, 0.15) is 0 Å². The van der Waals surface area contributed by atoms with Crippen molar-refractivity contribution in [1.29, 1.82) is 0 Å². The van der Waals surface area contributed by atoms with Gasteiger partial charge in [0.15, 0.2) is 4.77 Å². The Bertz CT molecular complexity index is 1030. The van der Waals surface area contributed by atoms with Crippen LogP contribution in [0.4, 0.5) is 4.39 Å². The third-order valence-corrected chi connectivity index (χ3v) is 3.80. The van der Waals surface area contributed by atoms with Gasteiger partial charge in [0, 0.05) is 11.6 Å². The lowest BCUT2D eigenvalue weighted by molar-refractivity contribution is 0.637. The molecule has 0 amide bonds. The minimum atomic E-state index is -0.314. The van der Waals surface area contributed by atoms with E-state index in [0.717, 1.165) is 16.6 Å². The smallest absolute Gasteiger partial charge is 0.182 e. The number of imidazole rings is 1. The number of H-pyrrole nitrogens is 1. The second kappa shape index (κ2) is 4.49. The average molecular weight is 295 g/mol. The molecule has 2 heterocycles. The average Bonchev–Trinajstić information content (AvgIpc) is 2.84. The minimum absolute atomic E-state index is 0.314. The maximum atomic E-state index is 13.9. The Kier molecular flexibility index (Phi) is 2.62. The van der Waals surface area contributed by atoms with Crippen molar-refractivity contribution >= 4 is 34.2 Å². The van der Waals surface area contributed by atoms with E-state index in [4.69, 9.17) is 12.2 Å². The van der Waals surface area contributed by atoms with E-state index < -0.39 is 0 Å². The van der Waals surface area contributed by atoms with Crippen molar-refractivity contribution in [2.45, 2.75) is 0 Å². The monoisotopic (exact) mass is 295 g/mol. The molecule has 102 valence electrons. The van der Waals surface area contributed by atoms with Crippen molar-refractivity contribution < 1.29 is 4.39 Å².